The quantitative estimate of drug-likeness (QED) is 0.351. The minimum atomic E-state index is 0.702. The first-order valence-corrected chi connectivity index (χ1v) is 2.03. The summed E-state index contributed by atoms with van der Waals surface area (Å²) in [5, 5.41) is 0. The number of ether oxygens (including phenoxy) is 1. The highest BCUT2D eigenvalue weighted by Crippen LogP contribution is 1.71. The molecule has 0 amide bonds. The molecular formula is C6H8O. The number of rotatable bonds is 1. The Morgan fingerprint density at radius 1 is 1.86 bits per heavy atom. The van der Waals surface area contributed by atoms with E-state index in [0.717, 1.165) is 0 Å². The molecule has 1 nitrogen and oxygen atoms in total. The van der Waals surface area contributed by atoms with Crippen LogP contribution in [0.5, 0.6) is 0 Å². The predicted molar refractivity (Wildman–Crippen MR) is 29.6 cm³/mol. The van der Waals surface area contributed by atoms with Crippen LogP contribution in [0.15, 0.2) is 12.7 Å². The maximum atomic E-state index is 4.44. The van der Waals surface area contributed by atoms with Crippen LogP contribution in [0.25, 0.3) is 0 Å². The van der Waals surface area contributed by atoms with Crippen molar-refractivity contribution in [1.82, 2.24) is 0 Å². The lowest BCUT2D eigenvalue weighted by Crippen LogP contribution is -1.63. The van der Waals surface area contributed by atoms with Crippen LogP contribution >= 0.6 is 0 Å². The molecule has 0 saturated carbocycles. The molecule has 1 heteroatoms. The van der Waals surface area contributed by atoms with Crippen LogP contribution in [-0.4, -0.2) is 7.11 Å². The summed E-state index contributed by atoms with van der Waals surface area (Å²) in [6.45, 7) is 3.47. The highest BCUT2D eigenvalue weighted by atomic mass is 16.5. The van der Waals surface area contributed by atoms with Gasteiger partial charge in [-0.25, -0.2) is 0 Å². The van der Waals surface area contributed by atoms with Gasteiger partial charge in [0.05, 0.1) is 7.11 Å². The lowest BCUT2D eigenvalue weighted by molar-refractivity contribution is 0.372. The minimum Gasteiger partial charge on any atom is -0.450 e. The third-order valence-corrected chi connectivity index (χ3v) is 0.421. The molecule has 38 valence electrons. The van der Waals surface area contributed by atoms with Gasteiger partial charge in [0.2, 0.25) is 0 Å². The molecule has 0 unspecified atom stereocenters. The molecule has 0 rings (SSSR count). The lowest BCUT2D eigenvalue weighted by Gasteiger charge is -1.73. The first-order chi connectivity index (χ1) is 3.41. The second kappa shape index (κ2) is 5.10. The molecule has 0 aromatic rings. The highest BCUT2D eigenvalue weighted by Gasteiger charge is 1.59. The van der Waals surface area contributed by atoms with E-state index < -0.39 is 0 Å². The van der Waals surface area contributed by atoms with Crippen LogP contribution in [0.4, 0.5) is 0 Å². The van der Waals surface area contributed by atoms with Gasteiger partial charge in [-0.3, -0.25) is 0 Å². The molecule has 0 aliphatic carbocycles. The Labute approximate surface area is 44.0 Å². The molecule has 0 aliphatic rings. The van der Waals surface area contributed by atoms with E-state index in [4.69, 9.17) is 0 Å². The highest BCUT2D eigenvalue weighted by molar-refractivity contribution is 4.96. The van der Waals surface area contributed by atoms with Gasteiger partial charge in [0.1, 0.15) is 6.11 Å². The summed E-state index contributed by atoms with van der Waals surface area (Å²) >= 11 is 0. The zero-order chi connectivity index (χ0) is 5.54. The van der Waals surface area contributed by atoms with Gasteiger partial charge in [-0.2, -0.15) is 0 Å². The van der Waals surface area contributed by atoms with Crippen molar-refractivity contribution in [2.24, 2.45) is 0 Å². The van der Waals surface area contributed by atoms with E-state index in [0.29, 0.717) is 6.42 Å². The van der Waals surface area contributed by atoms with Gasteiger partial charge in [0.25, 0.3) is 0 Å². The maximum absolute atomic E-state index is 4.44. The van der Waals surface area contributed by atoms with Crippen LogP contribution in [0.3, 0.4) is 0 Å². The standard InChI is InChI=1S/C6H8O/c1-3-4-5-6-7-2/h3H,1,4H2,2H3. The van der Waals surface area contributed by atoms with E-state index >= 15 is 0 Å². The Bertz CT molecular complexity index is 94.5. The number of hydrogen-bond donors (Lipinski definition) is 0. The second-order valence-corrected chi connectivity index (χ2v) is 0.976. The third-order valence-electron chi connectivity index (χ3n) is 0.421. The van der Waals surface area contributed by atoms with E-state index in [1.807, 2.05) is 0 Å². The summed E-state index contributed by atoms with van der Waals surface area (Å²) in [6, 6.07) is 0. The Morgan fingerprint density at radius 3 is 3.00 bits per heavy atom. The average molecular weight is 96.1 g/mol. The summed E-state index contributed by atoms with van der Waals surface area (Å²) in [4.78, 5) is 0. The van der Waals surface area contributed by atoms with Crippen molar-refractivity contribution in [3.63, 3.8) is 0 Å². The molecule has 0 bridgehead atoms. The van der Waals surface area contributed by atoms with Crippen LogP contribution in [0.2, 0.25) is 0 Å². The lowest BCUT2D eigenvalue weighted by atomic mass is 10.4. The molecule has 0 aromatic carbocycles. The molecule has 0 aromatic heterocycles. The van der Waals surface area contributed by atoms with Crippen molar-refractivity contribution in [2.75, 3.05) is 7.11 Å². The van der Waals surface area contributed by atoms with Crippen LogP contribution in [-0.2, 0) is 4.74 Å². The molecule has 0 saturated heterocycles. The van der Waals surface area contributed by atoms with Crippen molar-refractivity contribution in [3.8, 4) is 12.0 Å². The van der Waals surface area contributed by atoms with Crippen molar-refractivity contribution in [1.29, 1.82) is 0 Å². The molecular weight excluding hydrogens is 88.1 g/mol. The first kappa shape index (κ1) is 6.10. The summed E-state index contributed by atoms with van der Waals surface area (Å²) in [7, 11) is 1.54. The van der Waals surface area contributed by atoms with Gasteiger partial charge in [0, 0.05) is 6.42 Å². The van der Waals surface area contributed by atoms with Crippen LogP contribution in [0.1, 0.15) is 6.42 Å². The Hall–Kier alpha value is -0.900. The molecule has 0 aliphatic heterocycles. The summed E-state index contributed by atoms with van der Waals surface area (Å²) in [6.07, 6.45) is 4.86. The number of allylic oxidation sites excluding steroid dienone is 1. The van der Waals surface area contributed by atoms with E-state index in [9.17, 15) is 0 Å². The zero-order valence-electron chi connectivity index (χ0n) is 4.40. The van der Waals surface area contributed by atoms with E-state index in [-0.39, 0.29) is 0 Å². The number of methoxy groups -OCH3 is 1. The smallest absolute Gasteiger partial charge is 0.110 e. The van der Waals surface area contributed by atoms with Crippen molar-refractivity contribution in [2.45, 2.75) is 6.42 Å². The fourth-order valence-corrected chi connectivity index (χ4v) is 0.186. The summed E-state index contributed by atoms with van der Waals surface area (Å²) in [5.74, 6) is 2.69. The van der Waals surface area contributed by atoms with Crippen molar-refractivity contribution < 1.29 is 4.74 Å². The molecule has 0 radical (unpaired) electrons. The van der Waals surface area contributed by atoms with Gasteiger partial charge >= 0.3 is 0 Å². The first-order valence-electron chi connectivity index (χ1n) is 2.03. The Balaban J connectivity index is 3.06. The third kappa shape index (κ3) is 5.10. The van der Waals surface area contributed by atoms with E-state index in [1.165, 1.54) is 7.11 Å². The fraction of sp³-hybridized carbons (Fsp3) is 0.333. The number of hydrogen-bond acceptors (Lipinski definition) is 1. The van der Waals surface area contributed by atoms with Crippen molar-refractivity contribution in [3.05, 3.63) is 12.7 Å². The molecule has 0 spiro atoms. The van der Waals surface area contributed by atoms with E-state index in [2.05, 4.69) is 23.3 Å². The maximum Gasteiger partial charge on any atom is 0.110 e. The molecule has 0 heterocycles. The minimum absolute atomic E-state index is 0.702. The fourth-order valence-electron chi connectivity index (χ4n) is 0.186. The average Bonchev–Trinajstić information content (AvgIpc) is 1.69. The molecule has 0 atom stereocenters. The van der Waals surface area contributed by atoms with E-state index in [1.54, 1.807) is 6.08 Å². The van der Waals surface area contributed by atoms with Gasteiger partial charge in [-0.05, 0) is 0 Å². The topological polar surface area (TPSA) is 9.23 Å². The summed E-state index contributed by atoms with van der Waals surface area (Å²) in [5.41, 5.74) is 0. The van der Waals surface area contributed by atoms with Crippen molar-refractivity contribution >= 4 is 0 Å². The van der Waals surface area contributed by atoms with Gasteiger partial charge < -0.3 is 4.74 Å². The Kier molecular flexibility index (Phi) is 4.44. The SMILES string of the molecule is C=CCC#COC. The molecule has 0 N–H and O–H groups in total. The van der Waals surface area contributed by atoms with Gasteiger partial charge in [-0.1, -0.05) is 12.0 Å². The van der Waals surface area contributed by atoms with Gasteiger partial charge in [0.15, 0.2) is 0 Å². The Morgan fingerprint density at radius 2 is 2.57 bits per heavy atom. The van der Waals surface area contributed by atoms with Crippen LogP contribution < -0.4 is 0 Å². The molecule has 7 heavy (non-hydrogen) atoms. The van der Waals surface area contributed by atoms with Gasteiger partial charge in [-0.15, -0.1) is 6.58 Å². The largest absolute Gasteiger partial charge is 0.450 e. The zero-order valence-corrected chi connectivity index (χ0v) is 4.40. The normalized spacial score (nSPS) is 5.86. The molecule has 0 fully saturated rings. The second-order valence-electron chi connectivity index (χ2n) is 0.976. The monoisotopic (exact) mass is 96.1 g/mol. The summed E-state index contributed by atoms with van der Waals surface area (Å²) < 4.78 is 4.44. The predicted octanol–water partition coefficient (Wildman–Crippen LogP) is 1.17. The van der Waals surface area contributed by atoms with Crippen LogP contribution in [0, 0.1) is 12.0 Å².